The van der Waals surface area contributed by atoms with Gasteiger partial charge in [0.2, 0.25) is 0 Å². The van der Waals surface area contributed by atoms with Crippen molar-refractivity contribution in [2.45, 2.75) is 33.2 Å². The summed E-state index contributed by atoms with van der Waals surface area (Å²) in [5.74, 6) is -0.0400. The van der Waals surface area contributed by atoms with Crippen molar-refractivity contribution in [3.05, 3.63) is 10.3 Å². The second-order valence-corrected chi connectivity index (χ2v) is 5.70. The van der Waals surface area contributed by atoms with E-state index < -0.39 is 0 Å². The van der Waals surface area contributed by atoms with Crippen LogP contribution >= 0.6 is 15.9 Å². The zero-order chi connectivity index (χ0) is 12.5. The Labute approximate surface area is 104 Å². The number of aryl methyl sites for hydroxylation is 1. The zero-order valence-electron chi connectivity index (χ0n) is 9.99. The lowest BCUT2D eigenvalue weighted by molar-refractivity contribution is 0.0943. The van der Waals surface area contributed by atoms with Gasteiger partial charge in [-0.1, -0.05) is 26.0 Å². The van der Waals surface area contributed by atoms with Gasteiger partial charge in [0.05, 0.1) is 0 Å². The molecule has 0 fully saturated rings. The SMILES string of the molecule is Cn1nnc(Br)c1C(=O)CC(N)C(C)(C)C. The third-order valence-electron chi connectivity index (χ3n) is 2.57. The highest BCUT2D eigenvalue weighted by Gasteiger charge is 2.26. The molecule has 0 aromatic carbocycles. The fourth-order valence-corrected chi connectivity index (χ4v) is 1.78. The molecule has 1 heterocycles. The first kappa shape index (κ1) is 13.3. The van der Waals surface area contributed by atoms with Crippen molar-refractivity contribution in [2.75, 3.05) is 0 Å². The van der Waals surface area contributed by atoms with Crippen LogP contribution in [-0.4, -0.2) is 26.8 Å². The number of nitrogens with two attached hydrogens (primary N) is 1. The first-order chi connectivity index (χ1) is 7.23. The van der Waals surface area contributed by atoms with Crippen LogP contribution in [-0.2, 0) is 7.05 Å². The predicted octanol–water partition coefficient (Wildman–Crippen LogP) is 1.52. The van der Waals surface area contributed by atoms with E-state index in [1.54, 1.807) is 7.05 Å². The highest BCUT2D eigenvalue weighted by atomic mass is 79.9. The van der Waals surface area contributed by atoms with Crippen LogP contribution in [0.4, 0.5) is 0 Å². The monoisotopic (exact) mass is 288 g/mol. The molecule has 1 atom stereocenters. The topological polar surface area (TPSA) is 73.8 Å². The Morgan fingerprint density at radius 1 is 1.56 bits per heavy atom. The molecule has 5 nitrogen and oxygen atoms in total. The summed E-state index contributed by atoms with van der Waals surface area (Å²) >= 11 is 3.20. The number of carbonyl (C=O) groups excluding carboxylic acids is 1. The Hall–Kier alpha value is -0.750. The predicted molar refractivity (Wildman–Crippen MR) is 65.1 cm³/mol. The summed E-state index contributed by atoms with van der Waals surface area (Å²) < 4.78 is 1.93. The number of hydrogen-bond donors (Lipinski definition) is 1. The minimum atomic E-state index is -0.179. The van der Waals surface area contributed by atoms with E-state index in [0.29, 0.717) is 16.7 Å². The molecule has 0 bridgehead atoms. The van der Waals surface area contributed by atoms with E-state index in [4.69, 9.17) is 5.73 Å². The Bertz CT molecular complexity index is 375. The minimum Gasteiger partial charge on any atom is -0.327 e. The third-order valence-corrected chi connectivity index (χ3v) is 3.10. The molecule has 0 aliphatic rings. The van der Waals surface area contributed by atoms with Crippen LogP contribution in [0.5, 0.6) is 0 Å². The number of halogens is 1. The number of carbonyl (C=O) groups is 1. The second kappa shape index (κ2) is 4.63. The number of rotatable bonds is 3. The van der Waals surface area contributed by atoms with Crippen molar-refractivity contribution in [3.8, 4) is 0 Å². The van der Waals surface area contributed by atoms with E-state index in [1.165, 1.54) is 4.68 Å². The molecular formula is C10H17BrN4O. The zero-order valence-corrected chi connectivity index (χ0v) is 11.6. The molecule has 1 rings (SSSR count). The summed E-state index contributed by atoms with van der Waals surface area (Å²) in [7, 11) is 1.69. The van der Waals surface area contributed by atoms with Crippen molar-refractivity contribution in [1.29, 1.82) is 0 Å². The van der Waals surface area contributed by atoms with Crippen molar-refractivity contribution < 1.29 is 4.79 Å². The van der Waals surface area contributed by atoms with Crippen molar-refractivity contribution in [1.82, 2.24) is 15.0 Å². The molecule has 16 heavy (non-hydrogen) atoms. The standard InChI is InChI=1S/C10H17BrN4O/c1-10(2,3)7(12)5-6(16)8-9(11)13-14-15(8)4/h7H,5,12H2,1-4H3. The van der Waals surface area contributed by atoms with Crippen LogP contribution in [0.25, 0.3) is 0 Å². The summed E-state index contributed by atoms with van der Waals surface area (Å²) in [5, 5.41) is 7.54. The maximum atomic E-state index is 12.0. The molecule has 2 N–H and O–H groups in total. The number of nitrogens with zero attached hydrogens (tertiary/aromatic N) is 3. The number of aromatic nitrogens is 3. The Balaban J connectivity index is 2.82. The highest BCUT2D eigenvalue weighted by Crippen LogP contribution is 2.22. The molecule has 1 unspecified atom stereocenters. The average molecular weight is 289 g/mol. The molecule has 0 saturated carbocycles. The van der Waals surface area contributed by atoms with E-state index in [1.807, 2.05) is 20.8 Å². The van der Waals surface area contributed by atoms with Gasteiger partial charge < -0.3 is 5.73 Å². The minimum absolute atomic E-state index is 0.0400. The molecule has 0 spiro atoms. The summed E-state index contributed by atoms with van der Waals surface area (Å²) in [5.41, 5.74) is 6.35. The van der Waals surface area contributed by atoms with Gasteiger partial charge in [0.1, 0.15) is 5.69 Å². The molecule has 1 aromatic rings. The maximum absolute atomic E-state index is 12.0. The van der Waals surface area contributed by atoms with Gasteiger partial charge in [-0.25, -0.2) is 4.68 Å². The van der Waals surface area contributed by atoms with Gasteiger partial charge in [-0.15, -0.1) is 5.10 Å². The van der Waals surface area contributed by atoms with Crippen LogP contribution in [0.15, 0.2) is 4.60 Å². The maximum Gasteiger partial charge on any atom is 0.185 e. The lowest BCUT2D eigenvalue weighted by atomic mass is 9.84. The smallest absolute Gasteiger partial charge is 0.185 e. The highest BCUT2D eigenvalue weighted by molar-refractivity contribution is 9.10. The molecule has 0 radical (unpaired) electrons. The van der Waals surface area contributed by atoms with Crippen LogP contribution in [0, 0.1) is 5.41 Å². The van der Waals surface area contributed by atoms with Crippen molar-refractivity contribution in [3.63, 3.8) is 0 Å². The van der Waals surface area contributed by atoms with Gasteiger partial charge in [-0.05, 0) is 21.3 Å². The van der Waals surface area contributed by atoms with Crippen molar-refractivity contribution >= 4 is 21.7 Å². The summed E-state index contributed by atoms with van der Waals surface area (Å²) in [6.45, 7) is 6.05. The third kappa shape index (κ3) is 2.89. The van der Waals surface area contributed by atoms with Crippen LogP contribution in [0.2, 0.25) is 0 Å². The van der Waals surface area contributed by atoms with Crippen molar-refractivity contribution in [2.24, 2.45) is 18.2 Å². The fourth-order valence-electron chi connectivity index (χ4n) is 1.23. The lowest BCUT2D eigenvalue weighted by Gasteiger charge is -2.26. The van der Waals surface area contributed by atoms with Crippen LogP contribution in [0.1, 0.15) is 37.7 Å². The van der Waals surface area contributed by atoms with Gasteiger partial charge in [-0.3, -0.25) is 4.79 Å². The largest absolute Gasteiger partial charge is 0.327 e. The summed E-state index contributed by atoms with van der Waals surface area (Å²) in [6.07, 6.45) is 0.295. The van der Waals surface area contributed by atoms with Crippen LogP contribution < -0.4 is 5.73 Å². The van der Waals surface area contributed by atoms with Gasteiger partial charge >= 0.3 is 0 Å². The van der Waals surface area contributed by atoms with Gasteiger partial charge in [-0.2, -0.15) is 0 Å². The first-order valence-electron chi connectivity index (χ1n) is 5.07. The Kier molecular flexibility index (Phi) is 3.85. The molecule has 0 aliphatic heterocycles. The first-order valence-corrected chi connectivity index (χ1v) is 5.86. The van der Waals surface area contributed by atoms with E-state index >= 15 is 0 Å². The van der Waals surface area contributed by atoms with E-state index in [2.05, 4.69) is 26.2 Å². The Morgan fingerprint density at radius 3 is 2.50 bits per heavy atom. The van der Waals surface area contributed by atoms with E-state index in [0.717, 1.165) is 0 Å². The molecule has 6 heteroatoms. The van der Waals surface area contributed by atoms with Gasteiger partial charge in [0, 0.05) is 19.5 Å². The Morgan fingerprint density at radius 2 is 2.12 bits per heavy atom. The second-order valence-electron chi connectivity index (χ2n) is 4.95. The van der Waals surface area contributed by atoms with Gasteiger partial charge in [0.15, 0.2) is 10.4 Å². The van der Waals surface area contributed by atoms with Crippen LogP contribution in [0.3, 0.4) is 0 Å². The molecule has 1 aromatic heterocycles. The van der Waals surface area contributed by atoms with E-state index in [9.17, 15) is 4.79 Å². The summed E-state index contributed by atoms with van der Waals surface area (Å²) in [6, 6.07) is -0.179. The lowest BCUT2D eigenvalue weighted by Crippen LogP contribution is -2.37. The fraction of sp³-hybridized carbons (Fsp3) is 0.700. The molecular weight excluding hydrogens is 272 g/mol. The molecule has 0 amide bonds. The molecule has 90 valence electrons. The molecule has 0 saturated heterocycles. The number of ketones is 1. The number of hydrogen-bond acceptors (Lipinski definition) is 4. The summed E-state index contributed by atoms with van der Waals surface area (Å²) in [4.78, 5) is 12.0. The van der Waals surface area contributed by atoms with Gasteiger partial charge in [0.25, 0.3) is 0 Å². The number of Topliss-reactive ketones (excluding diaryl/α,β-unsaturated/α-hetero) is 1. The molecule has 0 aliphatic carbocycles. The average Bonchev–Trinajstić information content (AvgIpc) is 2.44. The quantitative estimate of drug-likeness (QED) is 0.856. The van der Waals surface area contributed by atoms with E-state index in [-0.39, 0.29) is 17.2 Å². The normalized spacial score (nSPS) is 13.9.